The van der Waals surface area contributed by atoms with Gasteiger partial charge in [0.05, 0.1) is 18.2 Å². The first-order chi connectivity index (χ1) is 12.2. The third kappa shape index (κ3) is 6.81. The lowest BCUT2D eigenvalue weighted by molar-refractivity contribution is -0.0149. The zero-order valence-corrected chi connectivity index (χ0v) is 17.4. The maximum absolute atomic E-state index is 12.2. The summed E-state index contributed by atoms with van der Waals surface area (Å²) in [6, 6.07) is 15.7. The van der Waals surface area contributed by atoms with E-state index in [2.05, 4.69) is 32.6 Å². The van der Waals surface area contributed by atoms with Gasteiger partial charge in [0.2, 0.25) is 0 Å². The van der Waals surface area contributed by atoms with Crippen LogP contribution < -0.4 is 10.6 Å². The monoisotopic (exact) mass is 418 g/mol. The van der Waals surface area contributed by atoms with Crippen molar-refractivity contribution in [1.82, 2.24) is 10.6 Å². The van der Waals surface area contributed by atoms with E-state index in [9.17, 15) is 4.79 Å². The van der Waals surface area contributed by atoms with Crippen LogP contribution in [0.3, 0.4) is 0 Å². The summed E-state index contributed by atoms with van der Waals surface area (Å²) in [5, 5.41) is 5.87. The molecule has 0 aliphatic heterocycles. The smallest absolute Gasteiger partial charge is 0.315 e. The quantitative estimate of drug-likeness (QED) is 0.666. The number of rotatable bonds is 6. The summed E-state index contributed by atoms with van der Waals surface area (Å²) < 4.78 is 6.79. The SMILES string of the molecule is CC(NC(=O)NCc1cccc(COC(C)(C)C)c1)c1ccccc1Br. The number of hydrogen-bond acceptors (Lipinski definition) is 2. The molecule has 0 saturated carbocycles. The van der Waals surface area contributed by atoms with Gasteiger partial charge in [0, 0.05) is 11.0 Å². The fraction of sp³-hybridized carbons (Fsp3) is 0.381. The number of carbonyl (C=O) groups is 1. The number of ether oxygens (including phenoxy) is 1. The molecule has 0 fully saturated rings. The van der Waals surface area contributed by atoms with Crippen LogP contribution in [0.4, 0.5) is 4.79 Å². The van der Waals surface area contributed by atoms with Crippen LogP contribution in [-0.4, -0.2) is 11.6 Å². The number of carbonyl (C=O) groups excluding carboxylic acids is 1. The van der Waals surface area contributed by atoms with E-state index in [1.165, 1.54) is 0 Å². The van der Waals surface area contributed by atoms with E-state index in [1.54, 1.807) is 0 Å². The molecule has 0 bridgehead atoms. The first-order valence-electron chi connectivity index (χ1n) is 8.75. The summed E-state index contributed by atoms with van der Waals surface area (Å²) in [4.78, 5) is 12.2. The summed E-state index contributed by atoms with van der Waals surface area (Å²) in [6.07, 6.45) is 0. The summed E-state index contributed by atoms with van der Waals surface area (Å²) >= 11 is 3.52. The van der Waals surface area contributed by atoms with Gasteiger partial charge in [-0.05, 0) is 50.5 Å². The topological polar surface area (TPSA) is 50.4 Å². The standard InChI is InChI=1S/C21H27BrN2O2/c1-15(18-10-5-6-11-19(18)22)24-20(25)23-13-16-8-7-9-17(12-16)14-26-21(2,3)4/h5-12,15H,13-14H2,1-4H3,(H2,23,24,25). The van der Waals surface area contributed by atoms with Crippen LogP contribution in [0.25, 0.3) is 0 Å². The van der Waals surface area contributed by atoms with Gasteiger partial charge in [0.25, 0.3) is 0 Å². The molecule has 0 aromatic heterocycles. The summed E-state index contributed by atoms with van der Waals surface area (Å²) in [7, 11) is 0. The third-order valence-electron chi connectivity index (χ3n) is 3.84. The molecule has 0 aliphatic rings. The van der Waals surface area contributed by atoms with E-state index in [4.69, 9.17) is 4.74 Å². The Labute approximate surface area is 164 Å². The highest BCUT2D eigenvalue weighted by Gasteiger charge is 2.12. The van der Waals surface area contributed by atoms with Gasteiger partial charge in [-0.2, -0.15) is 0 Å². The molecular formula is C21H27BrN2O2. The van der Waals surface area contributed by atoms with Gasteiger partial charge in [-0.25, -0.2) is 4.79 Å². The molecule has 140 valence electrons. The zero-order chi connectivity index (χ0) is 19.2. The molecule has 2 aromatic carbocycles. The molecule has 0 aliphatic carbocycles. The van der Waals surface area contributed by atoms with Crippen LogP contribution in [0.15, 0.2) is 53.0 Å². The third-order valence-corrected chi connectivity index (χ3v) is 4.56. The molecule has 2 N–H and O–H groups in total. The molecule has 0 spiro atoms. The summed E-state index contributed by atoms with van der Waals surface area (Å²) in [6.45, 7) is 9.10. The molecule has 1 atom stereocenters. The highest BCUT2D eigenvalue weighted by molar-refractivity contribution is 9.10. The maximum atomic E-state index is 12.2. The maximum Gasteiger partial charge on any atom is 0.315 e. The van der Waals surface area contributed by atoms with Crippen LogP contribution in [-0.2, 0) is 17.9 Å². The lowest BCUT2D eigenvalue weighted by atomic mass is 10.1. The molecule has 1 unspecified atom stereocenters. The van der Waals surface area contributed by atoms with E-state index in [1.807, 2.05) is 70.2 Å². The van der Waals surface area contributed by atoms with Crippen LogP contribution in [0.5, 0.6) is 0 Å². The van der Waals surface area contributed by atoms with Crippen LogP contribution in [0.1, 0.15) is 50.4 Å². The van der Waals surface area contributed by atoms with E-state index < -0.39 is 0 Å². The number of halogens is 1. The van der Waals surface area contributed by atoms with Crippen molar-refractivity contribution in [2.24, 2.45) is 0 Å². The Hall–Kier alpha value is -1.85. The second-order valence-electron chi connectivity index (χ2n) is 7.29. The first-order valence-corrected chi connectivity index (χ1v) is 9.54. The normalized spacial score (nSPS) is 12.5. The molecule has 0 heterocycles. The Balaban J connectivity index is 1.86. The first kappa shape index (κ1) is 20.5. The lowest BCUT2D eigenvalue weighted by Gasteiger charge is -2.20. The van der Waals surface area contributed by atoms with Crippen LogP contribution in [0.2, 0.25) is 0 Å². The van der Waals surface area contributed by atoms with Crippen LogP contribution in [0, 0.1) is 0 Å². The van der Waals surface area contributed by atoms with Crippen molar-refractivity contribution in [2.45, 2.75) is 52.5 Å². The molecule has 0 radical (unpaired) electrons. The van der Waals surface area contributed by atoms with Crippen molar-refractivity contribution < 1.29 is 9.53 Å². The van der Waals surface area contributed by atoms with Gasteiger partial charge in [0.15, 0.2) is 0 Å². The average Bonchev–Trinajstić information content (AvgIpc) is 2.58. The highest BCUT2D eigenvalue weighted by Crippen LogP contribution is 2.22. The fourth-order valence-electron chi connectivity index (χ4n) is 2.46. The number of urea groups is 1. The average molecular weight is 419 g/mol. The molecule has 4 nitrogen and oxygen atoms in total. The van der Waals surface area contributed by atoms with Crippen molar-refractivity contribution >= 4 is 22.0 Å². The van der Waals surface area contributed by atoms with E-state index >= 15 is 0 Å². The lowest BCUT2D eigenvalue weighted by Crippen LogP contribution is -2.36. The number of amides is 2. The van der Waals surface area contributed by atoms with Gasteiger partial charge in [0.1, 0.15) is 0 Å². The molecule has 5 heteroatoms. The molecule has 0 saturated heterocycles. The van der Waals surface area contributed by atoms with E-state index in [0.29, 0.717) is 13.2 Å². The molecule has 2 aromatic rings. The minimum Gasteiger partial charge on any atom is -0.371 e. The van der Waals surface area contributed by atoms with Crippen molar-refractivity contribution in [3.05, 3.63) is 69.7 Å². The Kier molecular flexibility index (Phi) is 7.23. The predicted octanol–water partition coefficient (Wildman–Crippen LogP) is 5.32. The Bertz CT molecular complexity index is 741. The Morgan fingerprint density at radius 3 is 2.50 bits per heavy atom. The van der Waals surface area contributed by atoms with Crippen molar-refractivity contribution in [1.29, 1.82) is 0 Å². The molecule has 2 rings (SSSR count). The van der Waals surface area contributed by atoms with Gasteiger partial charge in [-0.3, -0.25) is 0 Å². The molecule has 2 amide bonds. The zero-order valence-electron chi connectivity index (χ0n) is 15.8. The largest absolute Gasteiger partial charge is 0.371 e. The Morgan fingerprint density at radius 2 is 1.81 bits per heavy atom. The minimum absolute atomic E-state index is 0.0860. The van der Waals surface area contributed by atoms with E-state index in [-0.39, 0.29) is 17.7 Å². The van der Waals surface area contributed by atoms with Gasteiger partial charge in [-0.1, -0.05) is 58.4 Å². The summed E-state index contributed by atoms with van der Waals surface area (Å²) in [5.41, 5.74) is 3.02. The highest BCUT2D eigenvalue weighted by atomic mass is 79.9. The second-order valence-corrected chi connectivity index (χ2v) is 8.15. The van der Waals surface area contributed by atoms with Crippen LogP contribution >= 0.6 is 15.9 Å². The van der Waals surface area contributed by atoms with Gasteiger partial charge in [-0.15, -0.1) is 0 Å². The second kappa shape index (κ2) is 9.19. The van der Waals surface area contributed by atoms with Crippen molar-refractivity contribution in [2.75, 3.05) is 0 Å². The van der Waals surface area contributed by atoms with Gasteiger partial charge < -0.3 is 15.4 Å². The number of hydrogen-bond donors (Lipinski definition) is 2. The Morgan fingerprint density at radius 1 is 1.12 bits per heavy atom. The van der Waals surface area contributed by atoms with Crippen molar-refractivity contribution in [3.8, 4) is 0 Å². The van der Waals surface area contributed by atoms with Gasteiger partial charge >= 0.3 is 6.03 Å². The fourth-order valence-corrected chi connectivity index (χ4v) is 3.09. The summed E-state index contributed by atoms with van der Waals surface area (Å²) in [5.74, 6) is 0. The number of benzene rings is 2. The molecule has 26 heavy (non-hydrogen) atoms. The van der Waals surface area contributed by atoms with Crippen molar-refractivity contribution in [3.63, 3.8) is 0 Å². The minimum atomic E-state index is -0.190. The molecular weight excluding hydrogens is 392 g/mol. The van der Waals surface area contributed by atoms with E-state index in [0.717, 1.165) is 21.2 Å². The number of nitrogens with one attached hydrogen (secondary N) is 2. The predicted molar refractivity (Wildman–Crippen MR) is 109 cm³/mol.